The number of rotatable bonds is 3. The molecule has 1 N–H and O–H groups in total. The SMILES string of the molecule is CCn1ncnc1CN1CCC[C@]2(C1)C(=O)Nc1ccccc12. The van der Waals surface area contributed by atoms with Crippen molar-refractivity contribution < 1.29 is 4.79 Å². The molecule has 3 heterocycles. The van der Waals surface area contributed by atoms with Gasteiger partial charge < -0.3 is 5.32 Å². The Morgan fingerprint density at radius 3 is 3.09 bits per heavy atom. The van der Waals surface area contributed by atoms with Gasteiger partial charge in [0.2, 0.25) is 5.91 Å². The van der Waals surface area contributed by atoms with Crippen molar-refractivity contribution in [2.75, 3.05) is 18.4 Å². The number of aromatic nitrogens is 3. The monoisotopic (exact) mass is 311 g/mol. The third kappa shape index (κ3) is 2.25. The molecule has 2 aromatic rings. The zero-order valence-electron chi connectivity index (χ0n) is 13.3. The highest BCUT2D eigenvalue weighted by atomic mass is 16.2. The maximum Gasteiger partial charge on any atom is 0.236 e. The van der Waals surface area contributed by atoms with E-state index < -0.39 is 5.41 Å². The topological polar surface area (TPSA) is 63.1 Å². The molecule has 1 aromatic carbocycles. The smallest absolute Gasteiger partial charge is 0.236 e. The molecule has 2 aliphatic rings. The number of benzene rings is 1. The minimum absolute atomic E-state index is 0.139. The third-order valence-corrected chi connectivity index (χ3v) is 5.06. The molecule has 1 fully saturated rings. The standard InChI is InChI=1S/C17H21N5O/c1-2-22-15(18-12-19-22)10-21-9-5-8-17(11-21)13-6-3-4-7-14(13)20-16(17)23/h3-4,6-7,12H,2,5,8-11H2,1H3,(H,20,23)/t17-/m1/s1. The van der Waals surface area contributed by atoms with Crippen molar-refractivity contribution >= 4 is 11.6 Å². The number of hydrogen-bond donors (Lipinski definition) is 1. The van der Waals surface area contributed by atoms with Crippen LogP contribution in [0.4, 0.5) is 5.69 Å². The molecule has 23 heavy (non-hydrogen) atoms. The molecule has 1 spiro atoms. The van der Waals surface area contributed by atoms with E-state index in [4.69, 9.17) is 0 Å². The molecule has 0 radical (unpaired) electrons. The van der Waals surface area contributed by atoms with Gasteiger partial charge in [0.1, 0.15) is 12.2 Å². The first-order valence-electron chi connectivity index (χ1n) is 8.23. The molecule has 0 saturated carbocycles. The van der Waals surface area contributed by atoms with E-state index in [0.717, 1.165) is 56.1 Å². The molecule has 6 nitrogen and oxygen atoms in total. The number of amides is 1. The Bertz CT molecular complexity index is 740. The van der Waals surface area contributed by atoms with Crippen LogP contribution in [0.2, 0.25) is 0 Å². The summed E-state index contributed by atoms with van der Waals surface area (Å²) in [5.74, 6) is 1.11. The molecule has 4 rings (SSSR count). The summed E-state index contributed by atoms with van der Waals surface area (Å²) in [5, 5.41) is 7.30. The molecule has 1 atom stereocenters. The second-order valence-electron chi connectivity index (χ2n) is 6.39. The lowest BCUT2D eigenvalue weighted by molar-refractivity contribution is -0.123. The van der Waals surface area contributed by atoms with Crippen molar-refractivity contribution in [1.29, 1.82) is 0 Å². The van der Waals surface area contributed by atoms with Gasteiger partial charge in [-0.3, -0.25) is 9.69 Å². The Morgan fingerprint density at radius 2 is 2.22 bits per heavy atom. The van der Waals surface area contributed by atoms with Crippen LogP contribution in [0.1, 0.15) is 31.2 Å². The van der Waals surface area contributed by atoms with Crippen molar-refractivity contribution in [3.05, 3.63) is 42.0 Å². The summed E-state index contributed by atoms with van der Waals surface area (Å²) in [5.41, 5.74) is 1.70. The zero-order chi connectivity index (χ0) is 15.9. The number of fused-ring (bicyclic) bond motifs is 2. The molecule has 120 valence electrons. The lowest BCUT2D eigenvalue weighted by Crippen LogP contribution is -2.49. The van der Waals surface area contributed by atoms with Gasteiger partial charge in [-0.2, -0.15) is 5.10 Å². The van der Waals surface area contributed by atoms with Crippen LogP contribution in [0.3, 0.4) is 0 Å². The maximum atomic E-state index is 12.7. The van der Waals surface area contributed by atoms with Gasteiger partial charge in [0.15, 0.2) is 0 Å². The number of nitrogens with zero attached hydrogens (tertiary/aromatic N) is 4. The molecule has 6 heteroatoms. The fourth-order valence-corrected chi connectivity index (χ4v) is 3.93. The lowest BCUT2D eigenvalue weighted by atomic mass is 9.75. The lowest BCUT2D eigenvalue weighted by Gasteiger charge is -2.38. The summed E-state index contributed by atoms with van der Waals surface area (Å²) < 4.78 is 1.92. The molecule has 1 amide bonds. The van der Waals surface area contributed by atoms with Gasteiger partial charge in [0, 0.05) is 18.8 Å². The Hall–Kier alpha value is -2.21. The maximum absolute atomic E-state index is 12.7. The molecule has 2 aliphatic heterocycles. The minimum Gasteiger partial charge on any atom is -0.325 e. The van der Waals surface area contributed by atoms with Crippen LogP contribution in [0.25, 0.3) is 0 Å². The van der Waals surface area contributed by atoms with E-state index in [9.17, 15) is 4.79 Å². The zero-order valence-corrected chi connectivity index (χ0v) is 13.3. The Labute approximate surface area is 135 Å². The number of para-hydroxylation sites is 1. The fraction of sp³-hybridized carbons (Fsp3) is 0.471. The van der Waals surface area contributed by atoms with E-state index in [-0.39, 0.29) is 5.91 Å². The molecular formula is C17H21N5O. The van der Waals surface area contributed by atoms with E-state index in [2.05, 4.69) is 33.3 Å². The predicted octanol–water partition coefficient (Wildman–Crippen LogP) is 1.78. The molecule has 1 aromatic heterocycles. The molecule has 0 unspecified atom stereocenters. The number of likely N-dealkylation sites (tertiary alicyclic amines) is 1. The average molecular weight is 311 g/mol. The highest BCUT2D eigenvalue weighted by Crippen LogP contribution is 2.43. The first-order valence-corrected chi connectivity index (χ1v) is 8.23. The van der Waals surface area contributed by atoms with Gasteiger partial charge in [0.05, 0.1) is 12.0 Å². The van der Waals surface area contributed by atoms with Crippen LogP contribution in [-0.2, 0) is 23.3 Å². The molecule has 0 bridgehead atoms. The third-order valence-electron chi connectivity index (χ3n) is 5.06. The van der Waals surface area contributed by atoms with E-state index >= 15 is 0 Å². The fourth-order valence-electron chi connectivity index (χ4n) is 3.93. The summed E-state index contributed by atoms with van der Waals surface area (Å²) in [6, 6.07) is 8.08. The molecule has 1 saturated heterocycles. The van der Waals surface area contributed by atoms with Gasteiger partial charge in [-0.15, -0.1) is 0 Å². The van der Waals surface area contributed by atoms with Crippen LogP contribution >= 0.6 is 0 Å². The van der Waals surface area contributed by atoms with Gasteiger partial charge in [-0.1, -0.05) is 18.2 Å². The van der Waals surface area contributed by atoms with Crippen molar-refractivity contribution in [3.8, 4) is 0 Å². The van der Waals surface area contributed by atoms with Crippen LogP contribution in [0.5, 0.6) is 0 Å². The highest BCUT2D eigenvalue weighted by molar-refractivity contribution is 6.06. The Morgan fingerprint density at radius 1 is 1.35 bits per heavy atom. The van der Waals surface area contributed by atoms with Gasteiger partial charge in [-0.25, -0.2) is 9.67 Å². The van der Waals surface area contributed by atoms with E-state index in [1.165, 1.54) is 0 Å². The predicted molar refractivity (Wildman–Crippen MR) is 87.0 cm³/mol. The van der Waals surface area contributed by atoms with Crippen molar-refractivity contribution in [2.24, 2.45) is 0 Å². The van der Waals surface area contributed by atoms with Gasteiger partial charge >= 0.3 is 0 Å². The molecule has 0 aliphatic carbocycles. The van der Waals surface area contributed by atoms with Crippen molar-refractivity contribution in [2.45, 2.75) is 38.3 Å². The molecular weight excluding hydrogens is 290 g/mol. The number of anilines is 1. The number of nitrogens with one attached hydrogen (secondary N) is 1. The van der Waals surface area contributed by atoms with Crippen LogP contribution < -0.4 is 5.32 Å². The first-order chi connectivity index (χ1) is 11.2. The van der Waals surface area contributed by atoms with E-state index in [1.807, 2.05) is 22.9 Å². The summed E-state index contributed by atoms with van der Waals surface area (Å²) in [4.78, 5) is 19.4. The van der Waals surface area contributed by atoms with E-state index in [1.54, 1.807) is 6.33 Å². The Kier molecular flexibility index (Phi) is 3.41. The summed E-state index contributed by atoms with van der Waals surface area (Å²) >= 11 is 0. The summed E-state index contributed by atoms with van der Waals surface area (Å²) in [6.07, 6.45) is 3.53. The number of hydrogen-bond acceptors (Lipinski definition) is 4. The largest absolute Gasteiger partial charge is 0.325 e. The van der Waals surface area contributed by atoms with Crippen molar-refractivity contribution in [1.82, 2.24) is 19.7 Å². The normalized spacial score (nSPS) is 24.0. The quantitative estimate of drug-likeness (QED) is 0.938. The first kappa shape index (κ1) is 14.4. The van der Waals surface area contributed by atoms with Crippen molar-refractivity contribution in [3.63, 3.8) is 0 Å². The van der Waals surface area contributed by atoms with Crippen LogP contribution in [-0.4, -0.2) is 38.7 Å². The number of carbonyl (C=O) groups excluding carboxylic acids is 1. The van der Waals surface area contributed by atoms with Gasteiger partial charge in [0.25, 0.3) is 0 Å². The van der Waals surface area contributed by atoms with Gasteiger partial charge in [-0.05, 0) is 37.9 Å². The van der Waals surface area contributed by atoms with E-state index in [0.29, 0.717) is 0 Å². The Balaban J connectivity index is 1.61. The van der Waals surface area contributed by atoms with Crippen LogP contribution in [0, 0.1) is 0 Å². The number of aryl methyl sites for hydroxylation is 1. The highest BCUT2D eigenvalue weighted by Gasteiger charge is 2.48. The number of carbonyl (C=O) groups is 1. The second kappa shape index (κ2) is 5.45. The van der Waals surface area contributed by atoms with Crippen LogP contribution in [0.15, 0.2) is 30.6 Å². The average Bonchev–Trinajstić information content (AvgIpc) is 3.12. The summed E-state index contributed by atoms with van der Waals surface area (Å²) in [7, 11) is 0. The minimum atomic E-state index is -0.411. The second-order valence-corrected chi connectivity index (χ2v) is 6.39. The number of piperidine rings is 1. The summed E-state index contributed by atoms with van der Waals surface area (Å²) in [6.45, 7) is 5.36.